The van der Waals surface area contributed by atoms with Crippen LogP contribution in [-0.2, 0) is 0 Å². The number of allylic oxidation sites excluding steroid dienone is 3. The number of hydrogen-bond acceptors (Lipinski definition) is 2. The summed E-state index contributed by atoms with van der Waals surface area (Å²) in [4.78, 5) is 3.92. The zero-order valence-electron chi connectivity index (χ0n) is 6.12. The van der Waals surface area contributed by atoms with Gasteiger partial charge >= 0.3 is 0 Å². The predicted molar refractivity (Wildman–Crippen MR) is 45.8 cm³/mol. The van der Waals surface area contributed by atoms with Crippen molar-refractivity contribution < 1.29 is 0 Å². The van der Waals surface area contributed by atoms with Crippen molar-refractivity contribution in [3.63, 3.8) is 0 Å². The molecule has 0 radical (unpaired) electrons. The van der Waals surface area contributed by atoms with Crippen LogP contribution < -0.4 is 5.73 Å². The summed E-state index contributed by atoms with van der Waals surface area (Å²) in [7, 11) is 0. The third kappa shape index (κ3) is 4.84. The maximum absolute atomic E-state index is 5.09. The lowest BCUT2D eigenvalue weighted by Crippen LogP contribution is -1.73. The molecule has 54 valence electrons. The second-order valence-electron chi connectivity index (χ2n) is 1.62. The SMILES string of the molecule is C=C(/C=C\C=C/N)/N=C\C. The zero-order chi connectivity index (χ0) is 7.82. The Balaban J connectivity index is 3.78. The minimum Gasteiger partial charge on any atom is -0.405 e. The average molecular weight is 136 g/mol. The third-order valence-electron chi connectivity index (χ3n) is 0.806. The molecule has 0 unspecified atom stereocenters. The molecular formula is C8H12N2. The summed E-state index contributed by atoms with van der Waals surface area (Å²) >= 11 is 0. The first kappa shape index (κ1) is 8.69. The highest BCUT2D eigenvalue weighted by Crippen LogP contribution is 1.92. The average Bonchev–Trinajstić information content (AvgIpc) is 1.89. The van der Waals surface area contributed by atoms with Gasteiger partial charge in [0.2, 0.25) is 0 Å². The molecule has 0 aliphatic heterocycles. The molecular weight excluding hydrogens is 124 g/mol. The molecule has 0 aromatic carbocycles. The molecule has 0 aromatic rings. The van der Waals surface area contributed by atoms with Gasteiger partial charge in [0, 0.05) is 6.21 Å². The predicted octanol–water partition coefficient (Wildman–Crippen LogP) is 1.62. The van der Waals surface area contributed by atoms with Gasteiger partial charge in [-0.25, -0.2) is 0 Å². The van der Waals surface area contributed by atoms with E-state index in [1.54, 1.807) is 24.4 Å². The Labute approximate surface area is 61.5 Å². The fourth-order valence-corrected chi connectivity index (χ4v) is 0.440. The minimum atomic E-state index is 0.723. The smallest absolute Gasteiger partial charge is 0.0553 e. The molecule has 2 nitrogen and oxygen atoms in total. The van der Waals surface area contributed by atoms with Crippen LogP contribution in [0.25, 0.3) is 0 Å². The van der Waals surface area contributed by atoms with Crippen LogP contribution >= 0.6 is 0 Å². The molecule has 0 spiro atoms. The van der Waals surface area contributed by atoms with Crippen molar-refractivity contribution in [3.05, 3.63) is 36.7 Å². The lowest BCUT2D eigenvalue weighted by molar-refractivity contribution is 1.44. The maximum Gasteiger partial charge on any atom is 0.0553 e. The minimum absolute atomic E-state index is 0.723. The van der Waals surface area contributed by atoms with Crippen molar-refractivity contribution in [3.8, 4) is 0 Å². The molecule has 0 saturated carbocycles. The van der Waals surface area contributed by atoms with E-state index in [-0.39, 0.29) is 0 Å². The van der Waals surface area contributed by atoms with Crippen LogP contribution in [0.1, 0.15) is 6.92 Å². The van der Waals surface area contributed by atoms with Crippen molar-refractivity contribution in [2.45, 2.75) is 6.92 Å². The Morgan fingerprint density at radius 2 is 2.20 bits per heavy atom. The van der Waals surface area contributed by atoms with Gasteiger partial charge in [0.15, 0.2) is 0 Å². The van der Waals surface area contributed by atoms with Crippen molar-refractivity contribution in [2.24, 2.45) is 10.7 Å². The van der Waals surface area contributed by atoms with E-state index < -0.39 is 0 Å². The Kier molecular flexibility index (Phi) is 5.06. The van der Waals surface area contributed by atoms with Crippen LogP contribution in [0.4, 0.5) is 0 Å². The molecule has 0 heterocycles. The Hall–Kier alpha value is -1.31. The Morgan fingerprint density at radius 3 is 2.70 bits per heavy atom. The van der Waals surface area contributed by atoms with Gasteiger partial charge in [0.1, 0.15) is 0 Å². The summed E-state index contributed by atoms with van der Waals surface area (Å²) in [5.74, 6) is 0. The second kappa shape index (κ2) is 5.82. The van der Waals surface area contributed by atoms with E-state index in [2.05, 4.69) is 11.6 Å². The van der Waals surface area contributed by atoms with Gasteiger partial charge in [-0.1, -0.05) is 12.7 Å². The maximum atomic E-state index is 5.09. The fraction of sp³-hybridized carbons (Fsp3) is 0.125. The zero-order valence-corrected chi connectivity index (χ0v) is 6.12. The number of nitrogens with zero attached hydrogens (tertiary/aromatic N) is 1. The van der Waals surface area contributed by atoms with Crippen LogP contribution in [0.5, 0.6) is 0 Å². The van der Waals surface area contributed by atoms with Gasteiger partial charge in [0.25, 0.3) is 0 Å². The highest BCUT2D eigenvalue weighted by molar-refractivity contribution is 5.55. The van der Waals surface area contributed by atoms with E-state index in [4.69, 9.17) is 5.73 Å². The van der Waals surface area contributed by atoms with Crippen molar-refractivity contribution >= 4 is 6.21 Å². The summed E-state index contributed by atoms with van der Waals surface area (Å²) < 4.78 is 0. The highest BCUT2D eigenvalue weighted by atomic mass is 14.7. The summed E-state index contributed by atoms with van der Waals surface area (Å²) in [5.41, 5.74) is 5.81. The molecule has 0 saturated heterocycles. The van der Waals surface area contributed by atoms with Gasteiger partial charge in [-0.3, -0.25) is 4.99 Å². The monoisotopic (exact) mass is 136 g/mol. The summed E-state index contributed by atoms with van der Waals surface area (Å²) in [6, 6.07) is 0. The molecule has 0 aliphatic carbocycles. The quantitative estimate of drug-likeness (QED) is 0.464. The van der Waals surface area contributed by atoms with Gasteiger partial charge in [-0.05, 0) is 25.3 Å². The van der Waals surface area contributed by atoms with Crippen LogP contribution in [0.3, 0.4) is 0 Å². The van der Waals surface area contributed by atoms with Crippen LogP contribution in [0, 0.1) is 0 Å². The van der Waals surface area contributed by atoms with Crippen LogP contribution in [0.2, 0.25) is 0 Å². The molecule has 0 aliphatic rings. The second-order valence-corrected chi connectivity index (χ2v) is 1.62. The van der Waals surface area contributed by atoms with Crippen molar-refractivity contribution in [2.75, 3.05) is 0 Å². The van der Waals surface area contributed by atoms with Gasteiger partial charge in [-0.15, -0.1) is 0 Å². The normalized spacial score (nSPS) is 12.1. The van der Waals surface area contributed by atoms with Crippen molar-refractivity contribution in [1.29, 1.82) is 0 Å². The number of aliphatic imine (C=N–C) groups is 1. The molecule has 0 aromatic heterocycles. The lowest BCUT2D eigenvalue weighted by atomic mass is 10.4. The summed E-state index contributed by atoms with van der Waals surface area (Å²) in [5, 5.41) is 0. The van der Waals surface area contributed by atoms with Crippen LogP contribution in [-0.4, -0.2) is 6.21 Å². The molecule has 0 atom stereocenters. The van der Waals surface area contributed by atoms with Gasteiger partial charge in [0.05, 0.1) is 5.70 Å². The standard InChI is InChI=1S/C8H12N2/c1-3-10-8(2)6-4-5-7-9/h3-7H,2,9H2,1H3/b6-4-,7-5-,10-3-. The Morgan fingerprint density at radius 1 is 1.50 bits per heavy atom. The number of rotatable bonds is 3. The topological polar surface area (TPSA) is 38.4 Å². The third-order valence-corrected chi connectivity index (χ3v) is 0.806. The van der Waals surface area contributed by atoms with E-state index in [1.165, 1.54) is 6.20 Å². The Bertz CT molecular complexity index is 176. The van der Waals surface area contributed by atoms with E-state index in [0.29, 0.717) is 0 Å². The molecule has 0 amide bonds. The van der Waals surface area contributed by atoms with Crippen molar-refractivity contribution in [1.82, 2.24) is 0 Å². The summed E-state index contributed by atoms with van der Waals surface area (Å²) in [6.07, 6.45) is 8.44. The first-order valence-electron chi connectivity index (χ1n) is 3.03. The molecule has 2 N–H and O–H groups in total. The molecule has 0 fully saturated rings. The number of hydrogen-bond donors (Lipinski definition) is 1. The highest BCUT2D eigenvalue weighted by Gasteiger charge is 1.74. The van der Waals surface area contributed by atoms with E-state index >= 15 is 0 Å². The van der Waals surface area contributed by atoms with E-state index in [0.717, 1.165) is 5.70 Å². The van der Waals surface area contributed by atoms with E-state index in [1.807, 2.05) is 6.92 Å². The lowest BCUT2D eigenvalue weighted by Gasteiger charge is -1.83. The summed E-state index contributed by atoms with van der Waals surface area (Å²) in [6.45, 7) is 5.50. The van der Waals surface area contributed by atoms with Gasteiger partial charge < -0.3 is 5.73 Å². The first-order valence-corrected chi connectivity index (χ1v) is 3.03. The van der Waals surface area contributed by atoms with Gasteiger partial charge in [-0.2, -0.15) is 0 Å². The number of nitrogens with two attached hydrogens (primary N) is 1. The molecule has 10 heavy (non-hydrogen) atoms. The first-order chi connectivity index (χ1) is 4.81. The molecule has 0 rings (SSSR count). The molecule has 2 heteroatoms. The van der Waals surface area contributed by atoms with E-state index in [9.17, 15) is 0 Å². The largest absolute Gasteiger partial charge is 0.405 e. The van der Waals surface area contributed by atoms with Crippen LogP contribution in [0.15, 0.2) is 41.7 Å². The molecule has 0 bridgehead atoms. The fourth-order valence-electron chi connectivity index (χ4n) is 0.440.